The first kappa shape index (κ1) is 12.4. The van der Waals surface area contributed by atoms with Crippen molar-refractivity contribution in [3.63, 3.8) is 0 Å². The van der Waals surface area contributed by atoms with E-state index in [0.717, 1.165) is 12.8 Å². The van der Waals surface area contributed by atoms with Gasteiger partial charge in [0, 0.05) is 6.54 Å². The molecule has 0 atom stereocenters. The quantitative estimate of drug-likeness (QED) is 0.608. The molecule has 2 aromatic rings. The molecule has 0 aliphatic rings. The summed E-state index contributed by atoms with van der Waals surface area (Å²) >= 11 is 0. The minimum absolute atomic E-state index is 0.634. The predicted octanol–water partition coefficient (Wildman–Crippen LogP) is 2.48. The van der Waals surface area contributed by atoms with Crippen LogP contribution in [-0.4, -0.2) is 13.0 Å². The summed E-state index contributed by atoms with van der Waals surface area (Å²) in [5.41, 5.74) is 3.90. The standard InChI is InChI=1S/C16H16NO/c18-13-17-11-10-15-8-4-5-9-16(15)12-14-6-2-1-3-7-14/h1-9H,10-12H2,(H,17,18). The van der Waals surface area contributed by atoms with Gasteiger partial charge in [0.2, 0.25) is 0 Å². The Bertz CT molecular complexity index is 493. The van der Waals surface area contributed by atoms with E-state index in [1.807, 2.05) is 12.1 Å². The van der Waals surface area contributed by atoms with Crippen LogP contribution in [0, 0.1) is 0 Å². The van der Waals surface area contributed by atoms with Crippen molar-refractivity contribution in [3.8, 4) is 0 Å². The third-order valence-corrected chi connectivity index (χ3v) is 2.95. The van der Waals surface area contributed by atoms with Crippen LogP contribution in [0.3, 0.4) is 0 Å². The van der Waals surface area contributed by atoms with Crippen molar-refractivity contribution in [1.29, 1.82) is 0 Å². The fourth-order valence-electron chi connectivity index (χ4n) is 2.04. The van der Waals surface area contributed by atoms with Gasteiger partial charge in [0.1, 0.15) is 0 Å². The Kier molecular flexibility index (Phi) is 4.53. The van der Waals surface area contributed by atoms with Gasteiger partial charge in [-0.25, -0.2) is 0 Å². The molecule has 0 aliphatic heterocycles. The van der Waals surface area contributed by atoms with E-state index in [1.54, 1.807) is 6.41 Å². The molecule has 0 aliphatic carbocycles. The van der Waals surface area contributed by atoms with E-state index in [4.69, 9.17) is 0 Å². The summed E-state index contributed by atoms with van der Waals surface area (Å²) in [5.74, 6) is 0. The van der Waals surface area contributed by atoms with Crippen LogP contribution in [0.5, 0.6) is 0 Å². The van der Waals surface area contributed by atoms with Crippen LogP contribution < -0.4 is 5.32 Å². The minimum Gasteiger partial charge on any atom is -0.348 e. The van der Waals surface area contributed by atoms with E-state index in [0.29, 0.717) is 6.54 Å². The zero-order chi connectivity index (χ0) is 12.6. The highest BCUT2D eigenvalue weighted by Gasteiger charge is 2.02. The SMILES string of the molecule is O=[C]NCCc1ccccc1Cc1ccccc1. The average Bonchev–Trinajstić information content (AvgIpc) is 2.42. The van der Waals surface area contributed by atoms with Crippen molar-refractivity contribution in [2.75, 3.05) is 6.54 Å². The molecule has 18 heavy (non-hydrogen) atoms. The molecular formula is C16H16NO. The number of hydrogen-bond acceptors (Lipinski definition) is 1. The van der Waals surface area contributed by atoms with Crippen LogP contribution in [0.15, 0.2) is 54.6 Å². The molecule has 0 spiro atoms. The Morgan fingerprint density at radius 1 is 0.889 bits per heavy atom. The highest BCUT2D eigenvalue weighted by atomic mass is 16.1. The third-order valence-electron chi connectivity index (χ3n) is 2.95. The van der Waals surface area contributed by atoms with Crippen molar-refractivity contribution < 1.29 is 4.79 Å². The number of rotatable bonds is 6. The summed E-state index contributed by atoms with van der Waals surface area (Å²) in [4.78, 5) is 10.1. The lowest BCUT2D eigenvalue weighted by molar-refractivity contribution is 0.542. The molecule has 0 heterocycles. The molecule has 2 nitrogen and oxygen atoms in total. The fraction of sp³-hybridized carbons (Fsp3) is 0.188. The van der Waals surface area contributed by atoms with Crippen molar-refractivity contribution >= 4 is 6.41 Å². The van der Waals surface area contributed by atoms with E-state index in [9.17, 15) is 4.79 Å². The second-order valence-electron chi connectivity index (χ2n) is 4.21. The molecule has 2 rings (SSSR count). The highest BCUT2D eigenvalue weighted by molar-refractivity contribution is 5.47. The Labute approximate surface area is 108 Å². The van der Waals surface area contributed by atoms with Crippen LogP contribution in [0.1, 0.15) is 16.7 Å². The maximum atomic E-state index is 10.1. The number of benzene rings is 2. The van der Waals surface area contributed by atoms with Gasteiger partial charge in [0.15, 0.2) is 0 Å². The molecule has 91 valence electrons. The van der Waals surface area contributed by atoms with Crippen LogP contribution in [0.4, 0.5) is 0 Å². The normalized spacial score (nSPS) is 10.0. The van der Waals surface area contributed by atoms with Crippen LogP contribution >= 0.6 is 0 Å². The molecule has 2 heteroatoms. The molecule has 2 aromatic carbocycles. The Balaban J connectivity index is 2.09. The maximum absolute atomic E-state index is 10.1. The van der Waals surface area contributed by atoms with Crippen molar-refractivity contribution in [1.82, 2.24) is 5.32 Å². The zero-order valence-electron chi connectivity index (χ0n) is 10.2. The van der Waals surface area contributed by atoms with Crippen LogP contribution in [0.2, 0.25) is 0 Å². The molecule has 1 amide bonds. The molecule has 0 aromatic heterocycles. The first-order chi connectivity index (χ1) is 8.90. The van der Waals surface area contributed by atoms with Gasteiger partial charge in [0.05, 0.1) is 0 Å². The molecule has 0 fully saturated rings. The predicted molar refractivity (Wildman–Crippen MR) is 73.1 cm³/mol. The van der Waals surface area contributed by atoms with Crippen molar-refractivity contribution in [2.24, 2.45) is 0 Å². The number of hydrogen-bond donors (Lipinski definition) is 1. The summed E-state index contributed by atoms with van der Waals surface area (Å²) in [7, 11) is 0. The van der Waals surface area contributed by atoms with Gasteiger partial charge < -0.3 is 5.32 Å². The summed E-state index contributed by atoms with van der Waals surface area (Å²) in [6.45, 7) is 0.634. The number of amides is 1. The van der Waals surface area contributed by atoms with E-state index in [1.165, 1.54) is 16.7 Å². The fourth-order valence-corrected chi connectivity index (χ4v) is 2.04. The van der Waals surface area contributed by atoms with Gasteiger partial charge in [-0.05, 0) is 29.5 Å². The topological polar surface area (TPSA) is 29.1 Å². The van der Waals surface area contributed by atoms with Gasteiger partial charge in [-0.15, -0.1) is 0 Å². The van der Waals surface area contributed by atoms with Crippen molar-refractivity contribution in [3.05, 3.63) is 71.3 Å². The Morgan fingerprint density at radius 3 is 2.28 bits per heavy atom. The second kappa shape index (κ2) is 6.60. The maximum Gasteiger partial charge on any atom is 0.309 e. The highest BCUT2D eigenvalue weighted by Crippen LogP contribution is 2.14. The summed E-state index contributed by atoms with van der Waals surface area (Å²) in [6.07, 6.45) is 3.48. The van der Waals surface area contributed by atoms with E-state index in [-0.39, 0.29) is 0 Å². The summed E-state index contributed by atoms with van der Waals surface area (Å²) in [5, 5.41) is 2.58. The lowest BCUT2D eigenvalue weighted by Crippen LogP contribution is -2.15. The average molecular weight is 238 g/mol. The second-order valence-corrected chi connectivity index (χ2v) is 4.21. The lowest BCUT2D eigenvalue weighted by atomic mass is 9.98. The van der Waals surface area contributed by atoms with Crippen molar-refractivity contribution in [2.45, 2.75) is 12.8 Å². The van der Waals surface area contributed by atoms with E-state index >= 15 is 0 Å². The van der Waals surface area contributed by atoms with Crippen LogP contribution in [0.25, 0.3) is 0 Å². The molecule has 0 saturated heterocycles. The number of carbonyl (C=O) groups excluding carboxylic acids is 1. The summed E-state index contributed by atoms with van der Waals surface area (Å²) < 4.78 is 0. The first-order valence-corrected chi connectivity index (χ1v) is 6.11. The molecule has 1 radical (unpaired) electrons. The zero-order valence-corrected chi connectivity index (χ0v) is 10.2. The minimum atomic E-state index is 0.634. The molecule has 0 unspecified atom stereocenters. The summed E-state index contributed by atoms with van der Waals surface area (Å²) in [6, 6.07) is 18.8. The smallest absolute Gasteiger partial charge is 0.309 e. The van der Waals surface area contributed by atoms with Gasteiger partial charge in [0.25, 0.3) is 0 Å². The largest absolute Gasteiger partial charge is 0.348 e. The Morgan fingerprint density at radius 2 is 1.56 bits per heavy atom. The number of nitrogens with one attached hydrogen (secondary N) is 1. The molecule has 0 bridgehead atoms. The molecule has 1 N–H and O–H groups in total. The van der Waals surface area contributed by atoms with Gasteiger partial charge >= 0.3 is 6.41 Å². The van der Waals surface area contributed by atoms with Gasteiger partial charge in [-0.2, -0.15) is 0 Å². The van der Waals surface area contributed by atoms with Crippen LogP contribution in [-0.2, 0) is 17.6 Å². The Hall–Kier alpha value is -2.09. The first-order valence-electron chi connectivity index (χ1n) is 6.11. The lowest BCUT2D eigenvalue weighted by Gasteiger charge is -2.09. The third kappa shape index (κ3) is 3.45. The monoisotopic (exact) mass is 238 g/mol. The van der Waals surface area contributed by atoms with E-state index in [2.05, 4.69) is 47.8 Å². The molecular weight excluding hydrogens is 222 g/mol. The van der Waals surface area contributed by atoms with Gasteiger partial charge in [-0.3, -0.25) is 4.79 Å². The molecule has 0 saturated carbocycles. The van der Waals surface area contributed by atoms with E-state index < -0.39 is 0 Å². The van der Waals surface area contributed by atoms with Gasteiger partial charge in [-0.1, -0.05) is 54.6 Å².